The first kappa shape index (κ1) is 25.0. The summed E-state index contributed by atoms with van der Waals surface area (Å²) in [6.45, 7) is 0. The number of halogens is 1. The maximum absolute atomic E-state index is 6.65. The topological polar surface area (TPSA) is 51.8 Å². The Balaban J connectivity index is 1.34. The molecule has 0 unspecified atom stereocenters. The van der Waals surface area contributed by atoms with Gasteiger partial charge in [-0.25, -0.2) is 15.0 Å². The second-order valence-corrected chi connectivity index (χ2v) is 11.4. The molecule has 44 heavy (non-hydrogen) atoms. The molecule has 0 bridgehead atoms. The third kappa shape index (κ3) is 3.89. The van der Waals surface area contributed by atoms with E-state index in [0.29, 0.717) is 28.1 Å². The molecule has 0 atom stereocenters. The average molecular weight is 584 g/mol. The molecule has 0 radical (unpaired) electrons. The molecule has 5 heteroatoms. The number of para-hydroxylation sites is 1. The van der Waals surface area contributed by atoms with Crippen LogP contribution in [0, 0.1) is 0 Å². The van der Waals surface area contributed by atoms with Gasteiger partial charge in [0.15, 0.2) is 17.5 Å². The predicted molar refractivity (Wildman–Crippen MR) is 181 cm³/mol. The summed E-state index contributed by atoms with van der Waals surface area (Å²) < 4.78 is 6.19. The SMILES string of the molecule is Clc1cc(-c2nc(-c3ccccc3)nc(-c3ccc4c5ccccc5c5ccccc5c4c3)n2)c2c(c1)oc1ccccc12. The first-order chi connectivity index (χ1) is 21.7. The van der Waals surface area contributed by atoms with Gasteiger partial charge in [0.2, 0.25) is 0 Å². The largest absolute Gasteiger partial charge is 0.456 e. The van der Waals surface area contributed by atoms with Gasteiger partial charge in [0.25, 0.3) is 0 Å². The fraction of sp³-hybridized carbons (Fsp3) is 0. The van der Waals surface area contributed by atoms with E-state index in [9.17, 15) is 0 Å². The third-order valence-electron chi connectivity index (χ3n) is 8.35. The molecule has 2 aromatic heterocycles. The Hall–Kier alpha value is -5.58. The van der Waals surface area contributed by atoms with E-state index >= 15 is 0 Å². The fourth-order valence-electron chi connectivity index (χ4n) is 6.39. The minimum Gasteiger partial charge on any atom is -0.456 e. The quantitative estimate of drug-likeness (QED) is 0.194. The molecule has 0 amide bonds. The van der Waals surface area contributed by atoms with Gasteiger partial charge in [0, 0.05) is 38.6 Å². The van der Waals surface area contributed by atoms with Crippen molar-refractivity contribution >= 4 is 65.9 Å². The van der Waals surface area contributed by atoms with Crippen LogP contribution in [-0.4, -0.2) is 15.0 Å². The summed E-state index contributed by atoms with van der Waals surface area (Å²) in [5.41, 5.74) is 4.10. The monoisotopic (exact) mass is 583 g/mol. The molecular weight excluding hydrogens is 562 g/mol. The normalized spacial score (nSPS) is 11.8. The minimum absolute atomic E-state index is 0.538. The Bertz CT molecular complexity index is 2540. The molecule has 206 valence electrons. The first-order valence-corrected chi connectivity index (χ1v) is 14.9. The maximum atomic E-state index is 6.65. The van der Waals surface area contributed by atoms with Gasteiger partial charge in [-0.1, -0.05) is 121 Å². The zero-order chi connectivity index (χ0) is 29.2. The summed E-state index contributed by atoms with van der Waals surface area (Å²) in [6.07, 6.45) is 0. The lowest BCUT2D eigenvalue weighted by Crippen LogP contribution is -2.00. The van der Waals surface area contributed by atoms with Crippen molar-refractivity contribution in [2.45, 2.75) is 0 Å². The molecule has 4 nitrogen and oxygen atoms in total. The molecule has 9 aromatic rings. The number of nitrogens with zero attached hydrogens (tertiary/aromatic N) is 3. The standard InChI is InChI=1S/C39H22ClN3O/c40-25-21-33(36-31-16-8-9-17-34(31)44-35(36)22-25)39-42-37(23-10-2-1-3-11-23)41-38(43-39)24-18-19-30-28-14-5-4-12-26(28)27-13-6-7-15-29(27)32(30)20-24/h1-22H. The zero-order valence-corrected chi connectivity index (χ0v) is 24.1. The Morgan fingerprint density at radius 2 is 0.955 bits per heavy atom. The van der Waals surface area contributed by atoms with Gasteiger partial charge in [-0.15, -0.1) is 0 Å². The first-order valence-electron chi connectivity index (χ1n) is 14.5. The fourth-order valence-corrected chi connectivity index (χ4v) is 6.59. The van der Waals surface area contributed by atoms with Crippen molar-refractivity contribution in [1.82, 2.24) is 15.0 Å². The van der Waals surface area contributed by atoms with E-state index < -0.39 is 0 Å². The van der Waals surface area contributed by atoms with E-state index in [1.165, 1.54) is 26.9 Å². The Labute approximate surface area is 257 Å². The van der Waals surface area contributed by atoms with Crippen LogP contribution in [0.4, 0.5) is 0 Å². The molecule has 0 aliphatic rings. The molecule has 9 rings (SSSR count). The van der Waals surface area contributed by atoms with E-state index in [2.05, 4.69) is 72.8 Å². The highest BCUT2D eigenvalue weighted by Gasteiger charge is 2.19. The van der Waals surface area contributed by atoms with E-state index in [1.54, 1.807) is 0 Å². The second-order valence-electron chi connectivity index (χ2n) is 10.9. The van der Waals surface area contributed by atoms with E-state index in [0.717, 1.165) is 38.4 Å². The molecule has 2 heterocycles. The number of hydrogen-bond donors (Lipinski definition) is 0. The van der Waals surface area contributed by atoms with Crippen LogP contribution in [0.2, 0.25) is 5.02 Å². The molecule has 0 fully saturated rings. The molecule has 0 N–H and O–H groups in total. The lowest BCUT2D eigenvalue weighted by atomic mass is 9.93. The summed E-state index contributed by atoms with van der Waals surface area (Å²) in [6, 6.07) is 45.4. The minimum atomic E-state index is 0.538. The summed E-state index contributed by atoms with van der Waals surface area (Å²) in [5.74, 6) is 1.72. The van der Waals surface area contributed by atoms with Gasteiger partial charge in [0.05, 0.1) is 0 Å². The molecular formula is C39H22ClN3O. The van der Waals surface area contributed by atoms with Crippen molar-refractivity contribution < 1.29 is 4.42 Å². The zero-order valence-electron chi connectivity index (χ0n) is 23.3. The predicted octanol–water partition coefficient (Wildman–Crippen LogP) is 10.9. The van der Waals surface area contributed by atoms with Gasteiger partial charge in [-0.3, -0.25) is 0 Å². The van der Waals surface area contributed by atoms with Crippen molar-refractivity contribution in [2.75, 3.05) is 0 Å². The molecule has 0 saturated carbocycles. The van der Waals surface area contributed by atoms with Gasteiger partial charge < -0.3 is 4.42 Å². The molecule has 0 aliphatic carbocycles. The van der Waals surface area contributed by atoms with E-state index in [-0.39, 0.29) is 0 Å². The average Bonchev–Trinajstić information content (AvgIpc) is 3.46. The van der Waals surface area contributed by atoms with Crippen LogP contribution in [0.25, 0.3) is 88.4 Å². The van der Waals surface area contributed by atoms with Gasteiger partial charge in [-0.2, -0.15) is 0 Å². The van der Waals surface area contributed by atoms with Crippen molar-refractivity contribution in [3.63, 3.8) is 0 Å². The van der Waals surface area contributed by atoms with E-state index in [4.69, 9.17) is 31.0 Å². The Kier molecular flexibility index (Phi) is 5.52. The van der Waals surface area contributed by atoms with Crippen LogP contribution in [0.15, 0.2) is 138 Å². The number of benzene rings is 7. The molecule has 7 aromatic carbocycles. The summed E-state index contributed by atoms with van der Waals surface area (Å²) in [4.78, 5) is 15.1. The summed E-state index contributed by atoms with van der Waals surface area (Å²) in [7, 11) is 0. The number of fused-ring (bicyclic) bond motifs is 9. The van der Waals surface area contributed by atoms with Gasteiger partial charge in [0.1, 0.15) is 11.2 Å². The molecule has 0 spiro atoms. The number of hydrogen-bond acceptors (Lipinski definition) is 4. The second kappa shape index (κ2) is 9.73. The van der Waals surface area contributed by atoms with Crippen LogP contribution in [0.3, 0.4) is 0 Å². The molecule has 0 aliphatic heterocycles. The summed E-state index contributed by atoms with van der Waals surface area (Å²) in [5, 5.41) is 9.71. The highest BCUT2D eigenvalue weighted by atomic mass is 35.5. The molecule has 0 saturated heterocycles. The van der Waals surface area contributed by atoms with Crippen molar-refractivity contribution in [3.8, 4) is 34.2 Å². The van der Waals surface area contributed by atoms with Gasteiger partial charge in [-0.05, 0) is 50.5 Å². The van der Waals surface area contributed by atoms with Crippen molar-refractivity contribution in [3.05, 3.63) is 138 Å². The highest BCUT2D eigenvalue weighted by molar-refractivity contribution is 6.32. The number of furan rings is 1. The number of aromatic nitrogens is 3. The maximum Gasteiger partial charge on any atom is 0.164 e. The van der Waals surface area contributed by atoms with E-state index in [1.807, 2.05) is 60.7 Å². The van der Waals surface area contributed by atoms with Crippen molar-refractivity contribution in [1.29, 1.82) is 0 Å². The lowest BCUT2D eigenvalue weighted by Gasteiger charge is -2.13. The smallest absolute Gasteiger partial charge is 0.164 e. The van der Waals surface area contributed by atoms with Crippen LogP contribution in [-0.2, 0) is 0 Å². The Morgan fingerprint density at radius 1 is 0.409 bits per heavy atom. The van der Waals surface area contributed by atoms with Crippen LogP contribution >= 0.6 is 11.6 Å². The van der Waals surface area contributed by atoms with Crippen molar-refractivity contribution in [2.24, 2.45) is 0 Å². The van der Waals surface area contributed by atoms with Crippen LogP contribution in [0.5, 0.6) is 0 Å². The lowest BCUT2D eigenvalue weighted by molar-refractivity contribution is 0.669. The van der Waals surface area contributed by atoms with Gasteiger partial charge >= 0.3 is 0 Å². The number of rotatable bonds is 3. The highest BCUT2D eigenvalue weighted by Crippen LogP contribution is 2.40. The van der Waals surface area contributed by atoms with Crippen LogP contribution in [0.1, 0.15) is 0 Å². The Morgan fingerprint density at radius 3 is 1.66 bits per heavy atom. The summed E-state index contributed by atoms with van der Waals surface area (Å²) >= 11 is 6.65. The third-order valence-corrected chi connectivity index (χ3v) is 8.57. The van der Waals surface area contributed by atoms with Crippen LogP contribution < -0.4 is 0 Å².